The highest BCUT2D eigenvalue weighted by Crippen LogP contribution is 2.37. The molecule has 0 aliphatic carbocycles. The second kappa shape index (κ2) is 8.96. The molecule has 1 aliphatic heterocycles. The van der Waals surface area contributed by atoms with Crippen LogP contribution >= 0.6 is 23.2 Å². The fraction of sp³-hybridized carbons (Fsp3) is 0.130. The summed E-state index contributed by atoms with van der Waals surface area (Å²) in [6, 6.07) is 15.8. The van der Waals surface area contributed by atoms with Crippen molar-refractivity contribution in [1.82, 2.24) is 0 Å². The first-order valence-corrected chi connectivity index (χ1v) is 10.0. The highest BCUT2D eigenvalue weighted by molar-refractivity contribution is 6.37. The lowest BCUT2D eigenvalue weighted by atomic mass is 10.00. The summed E-state index contributed by atoms with van der Waals surface area (Å²) in [7, 11) is 1.45. The van der Waals surface area contributed by atoms with Gasteiger partial charge in [-0.2, -0.15) is 0 Å². The zero-order valence-corrected chi connectivity index (χ0v) is 17.8. The fourth-order valence-corrected chi connectivity index (χ4v) is 3.71. The summed E-state index contributed by atoms with van der Waals surface area (Å²) in [6.45, 7) is 0. The van der Waals surface area contributed by atoms with E-state index in [1.54, 1.807) is 42.5 Å². The number of benzene rings is 3. The molecule has 0 spiro atoms. The topological polar surface area (TPSA) is 57.1 Å². The van der Waals surface area contributed by atoms with Crippen LogP contribution in [-0.4, -0.2) is 18.8 Å². The second-order valence-corrected chi connectivity index (χ2v) is 7.58. The molecule has 0 fully saturated rings. The Hall–Kier alpha value is -3.09. The lowest BCUT2D eigenvalue weighted by Gasteiger charge is -2.14. The van der Waals surface area contributed by atoms with E-state index in [1.165, 1.54) is 25.3 Å². The number of ether oxygens (including phenoxy) is 2. The average Bonchev–Trinajstić information content (AvgIpc) is 3.24. The van der Waals surface area contributed by atoms with Crippen molar-refractivity contribution in [2.75, 3.05) is 7.11 Å². The van der Waals surface area contributed by atoms with Crippen LogP contribution in [0.2, 0.25) is 10.0 Å². The molecule has 3 aromatic carbocycles. The molecule has 1 heterocycles. The van der Waals surface area contributed by atoms with Crippen molar-refractivity contribution in [1.29, 1.82) is 0 Å². The molecule has 0 saturated heterocycles. The third kappa shape index (κ3) is 4.50. The minimum atomic E-state index is -0.815. The SMILES string of the molecule is COc1cc(C2CC(c3ccc(Cl)cc3Cl)=NO2)ccc1OC(=O)c1ccccc1F. The molecule has 1 atom stereocenters. The van der Waals surface area contributed by atoms with Gasteiger partial charge >= 0.3 is 5.97 Å². The summed E-state index contributed by atoms with van der Waals surface area (Å²) in [5, 5.41) is 5.18. The molecular weight excluding hydrogens is 444 g/mol. The minimum absolute atomic E-state index is 0.161. The van der Waals surface area contributed by atoms with Crippen molar-refractivity contribution in [2.24, 2.45) is 5.16 Å². The van der Waals surface area contributed by atoms with E-state index in [9.17, 15) is 9.18 Å². The first kappa shape index (κ1) is 21.2. The zero-order chi connectivity index (χ0) is 22.0. The Labute approximate surface area is 187 Å². The zero-order valence-electron chi connectivity index (χ0n) is 16.3. The van der Waals surface area contributed by atoms with Crippen LogP contribution < -0.4 is 9.47 Å². The predicted octanol–water partition coefficient (Wildman–Crippen LogP) is 6.23. The van der Waals surface area contributed by atoms with Crippen molar-refractivity contribution in [2.45, 2.75) is 12.5 Å². The quantitative estimate of drug-likeness (QED) is 0.335. The highest BCUT2D eigenvalue weighted by Gasteiger charge is 2.26. The molecule has 0 amide bonds. The second-order valence-electron chi connectivity index (χ2n) is 6.74. The number of halogens is 3. The molecule has 5 nitrogen and oxygen atoms in total. The summed E-state index contributed by atoms with van der Waals surface area (Å²) in [5.41, 5.74) is 2.05. The van der Waals surface area contributed by atoms with Gasteiger partial charge in [0.1, 0.15) is 5.82 Å². The van der Waals surface area contributed by atoms with Crippen molar-refractivity contribution in [3.8, 4) is 11.5 Å². The highest BCUT2D eigenvalue weighted by atomic mass is 35.5. The number of esters is 1. The molecule has 1 aliphatic rings. The van der Waals surface area contributed by atoms with Crippen LogP contribution in [0, 0.1) is 5.82 Å². The van der Waals surface area contributed by atoms with Gasteiger partial charge in [-0.05, 0) is 42.0 Å². The van der Waals surface area contributed by atoms with E-state index in [0.29, 0.717) is 27.9 Å². The maximum atomic E-state index is 13.8. The number of nitrogens with zero attached hydrogens (tertiary/aromatic N) is 1. The molecular formula is C23H16Cl2FNO4. The number of methoxy groups -OCH3 is 1. The largest absolute Gasteiger partial charge is 0.493 e. The molecule has 0 bridgehead atoms. The molecule has 1 unspecified atom stereocenters. The molecule has 158 valence electrons. The third-order valence-corrected chi connectivity index (χ3v) is 5.31. The summed E-state index contributed by atoms with van der Waals surface area (Å²) in [4.78, 5) is 17.9. The van der Waals surface area contributed by atoms with Gasteiger partial charge in [0, 0.05) is 17.0 Å². The summed E-state index contributed by atoms with van der Waals surface area (Å²) < 4.78 is 24.5. The lowest BCUT2D eigenvalue weighted by molar-refractivity contribution is 0.0724. The summed E-state index contributed by atoms with van der Waals surface area (Å²) in [5.74, 6) is -1.000. The van der Waals surface area contributed by atoms with Gasteiger partial charge in [0.15, 0.2) is 17.6 Å². The van der Waals surface area contributed by atoms with Gasteiger partial charge in [-0.15, -0.1) is 0 Å². The van der Waals surface area contributed by atoms with Crippen molar-refractivity contribution in [3.05, 3.63) is 93.2 Å². The van der Waals surface area contributed by atoms with E-state index >= 15 is 0 Å². The number of hydrogen-bond donors (Lipinski definition) is 0. The Balaban J connectivity index is 1.51. The molecule has 8 heteroatoms. The van der Waals surface area contributed by atoms with Gasteiger partial charge in [-0.25, -0.2) is 9.18 Å². The molecule has 4 rings (SSSR count). The average molecular weight is 460 g/mol. The maximum Gasteiger partial charge on any atom is 0.346 e. The minimum Gasteiger partial charge on any atom is -0.493 e. The summed E-state index contributed by atoms with van der Waals surface area (Å²) in [6.07, 6.45) is 0.116. The van der Waals surface area contributed by atoms with Gasteiger partial charge in [0.2, 0.25) is 0 Å². The molecule has 31 heavy (non-hydrogen) atoms. The number of rotatable bonds is 5. The first-order chi connectivity index (χ1) is 15.0. The molecule has 3 aromatic rings. The van der Waals surface area contributed by atoms with Crippen LogP contribution in [0.25, 0.3) is 0 Å². The van der Waals surface area contributed by atoms with Crippen LogP contribution in [0.3, 0.4) is 0 Å². The molecule has 0 aromatic heterocycles. The van der Waals surface area contributed by atoms with E-state index in [1.807, 2.05) is 0 Å². The number of hydrogen-bond acceptors (Lipinski definition) is 5. The van der Waals surface area contributed by atoms with Crippen molar-refractivity contribution >= 4 is 34.9 Å². The Bertz CT molecular complexity index is 1180. The molecule has 0 saturated carbocycles. The lowest BCUT2D eigenvalue weighted by Crippen LogP contribution is -2.11. The van der Waals surface area contributed by atoms with Crippen LogP contribution in [0.5, 0.6) is 11.5 Å². The number of carbonyl (C=O) groups excluding carboxylic acids is 1. The van der Waals surface area contributed by atoms with E-state index < -0.39 is 11.8 Å². The van der Waals surface area contributed by atoms with E-state index in [2.05, 4.69) is 5.16 Å². The first-order valence-electron chi connectivity index (χ1n) is 9.29. The molecule has 0 N–H and O–H groups in total. The number of oxime groups is 1. The Kier molecular flexibility index (Phi) is 6.11. The maximum absolute atomic E-state index is 13.8. The fourth-order valence-electron chi connectivity index (χ4n) is 3.19. The number of carbonyl (C=O) groups is 1. The van der Waals surface area contributed by atoms with Gasteiger partial charge in [0.25, 0.3) is 0 Å². The van der Waals surface area contributed by atoms with Crippen LogP contribution in [0.15, 0.2) is 65.8 Å². The standard InChI is InChI=1S/C23H16Cl2FNO4/c1-29-22-10-13(6-9-20(22)30-23(28)16-4-2-3-5-18(16)26)21-12-19(27-31-21)15-8-7-14(24)11-17(15)25/h2-11,21H,12H2,1H3. The monoisotopic (exact) mass is 459 g/mol. The Morgan fingerprint density at radius 3 is 2.65 bits per heavy atom. The molecule has 0 radical (unpaired) electrons. The van der Waals surface area contributed by atoms with Crippen LogP contribution in [0.1, 0.15) is 34.0 Å². The van der Waals surface area contributed by atoms with Crippen LogP contribution in [-0.2, 0) is 4.84 Å². The Morgan fingerprint density at radius 1 is 1.10 bits per heavy atom. The predicted molar refractivity (Wildman–Crippen MR) is 116 cm³/mol. The van der Waals surface area contributed by atoms with Gasteiger partial charge in [-0.3, -0.25) is 0 Å². The van der Waals surface area contributed by atoms with Crippen molar-refractivity contribution < 1.29 is 23.5 Å². The van der Waals surface area contributed by atoms with Crippen LogP contribution in [0.4, 0.5) is 4.39 Å². The smallest absolute Gasteiger partial charge is 0.346 e. The van der Waals surface area contributed by atoms with E-state index in [-0.39, 0.29) is 17.4 Å². The third-order valence-electron chi connectivity index (χ3n) is 4.77. The van der Waals surface area contributed by atoms with Gasteiger partial charge in [-0.1, -0.05) is 52.6 Å². The van der Waals surface area contributed by atoms with Gasteiger partial charge in [0.05, 0.1) is 23.4 Å². The van der Waals surface area contributed by atoms with Crippen molar-refractivity contribution in [3.63, 3.8) is 0 Å². The van der Waals surface area contributed by atoms with E-state index in [0.717, 1.165) is 11.1 Å². The summed E-state index contributed by atoms with van der Waals surface area (Å²) >= 11 is 12.2. The van der Waals surface area contributed by atoms with E-state index in [4.69, 9.17) is 37.5 Å². The Morgan fingerprint density at radius 2 is 1.90 bits per heavy atom. The normalized spacial score (nSPS) is 15.2. The van der Waals surface area contributed by atoms with Gasteiger partial charge < -0.3 is 14.3 Å².